The number of para-hydroxylation sites is 1. The average Bonchev–Trinajstić information content (AvgIpc) is 2.80. The first-order chi connectivity index (χ1) is 8.83. The van der Waals surface area contributed by atoms with Crippen LogP contribution >= 0.6 is 11.8 Å². The van der Waals surface area contributed by atoms with Gasteiger partial charge in [0, 0.05) is 34.9 Å². The number of hydrogen-bond acceptors (Lipinski definition) is 4. The highest BCUT2D eigenvalue weighted by atomic mass is 32.2. The van der Waals surface area contributed by atoms with Gasteiger partial charge < -0.3 is 5.73 Å². The molecular weight excluding hydrogens is 244 g/mol. The Morgan fingerprint density at radius 2 is 2.11 bits per heavy atom. The summed E-state index contributed by atoms with van der Waals surface area (Å²) < 4.78 is 1.92. The van der Waals surface area contributed by atoms with Crippen LogP contribution in [0.2, 0.25) is 0 Å². The SMILES string of the molecule is Nc1ccccc1SCc1cn2cccnc2n1. The lowest BCUT2D eigenvalue weighted by Crippen LogP contribution is -1.88. The lowest BCUT2D eigenvalue weighted by Gasteiger charge is -2.02. The van der Waals surface area contributed by atoms with E-state index in [-0.39, 0.29) is 0 Å². The number of rotatable bonds is 3. The fourth-order valence-electron chi connectivity index (χ4n) is 1.71. The Kier molecular flexibility index (Phi) is 2.90. The predicted octanol–water partition coefficient (Wildman–Crippen LogP) is 2.60. The standard InChI is InChI=1S/C13H12N4S/c14-11-4-1-2-5-12(11)18-9-10-8-17-7-3-6-15-13(17)16-10/h1-8H,9,14H2. The highest BCUT2D eigenvalue weighted by Gasteiger charge is 2.04. The lowest BCUT2D eigenvalue weighted by atomic mass is 10.3. The number of benzene rings is 1. The Labute approximate surface area is 109 Å². The van der Waals surface area contributed by atoms with E-state index in [4.69, 9.17) is 5.73 Å². The van der Waals surface area contributed by atoms with E-state index in [2.05, 4.69) is 9.97 Å². The van der Waals surface area contributed by atoms with Crippen LogP contribution in [0, 0.1) is 0 Å². The molecule has 18 heavy (non-hydrogen) atoms. The first kappa shape index (κ1) is 11.1. The number of nitrogens with zero attached hydrogens (tertiary/aromatic N) is 3. The number of nitrogens with two attached hydrogens (primary N) is 1. The van der Waals surface area contributed by atoms with Crippen molar-refractivity contribution in [2.24, 2.45) is 0 Å². The molecule has 0 spiro atoms. The van der Waals surface area contributed by atoms with E-state index in [1.54, 1.807) is 18.0 Å². The second kappa shape index (κ2) is 4.70. The molecule has 0 aliphatic carbocycles. The Balaban J connectivity index is 1.79. The van der Waals surface area contributed by atoms with Crippen molar-refractivity contribution in [3.05, 3.63) is 54.6 Å². The fraction of sp³-hybridized carbons (Fsp3) is 0.0769. The summed E-state index contributed by atoms with van der Waals surface area (Å²) in [6.07, 6.45) is 5.68. The van der Waals surface area contributed by atoms with Crippen molar-refractivity contribution in [3.63, 3.8) is 0 Å². The largest absolute Gasteiger partial charge is 0.398 e. The number of fused-ring (bicyclic) bond motifs is 1. The van der Waals surface area contributed by atoms with Crippen molar-refractivity contribution in [2.75, 3.05) is 5.73 Å². The van der Waals surface area contributed by atoms with Gasteiger partial charge >= 0.3 is 0 Å². The molecular formula is C13H12N4S. The highest BCUT2D eigenvalue weighted by molar-refractivity contribution is 7.98. The third-order valence-electron chi connectivity index (χ3n) is 2.58. The molecule has 1 aromatic carbocycles. The third kappa shape index (κ3) is 2.17. The predicted molar refractivity (Wildman–Crippen MR) is 73.4 cm³/mol. The molecule has 0 atom stereocenters. The van der Waals surface area contributed by atoms with Gasteiger partial charge in [-0.25, -0.2) is 9.97 Å². The number of thioether (sulfide) groups is 1. The van der Waals surface area contributed by atoms with Crippen molar-refractivity contribution in [1.29, 1.82) is 0 Å². The Morgan fingerprint density at radius 3 is 2.94 bits per heavy atom. The number of aromatic nitrogens is 3. The third-order valence-corrected chi connectivity index (χ3v) is 3.70. The monoisotopic (exact) mass is 256 g/mol. The van der Waals surface area contributed by atoms with Crippen LogP contribution in [0.15, 0.2) is 53.8 Å². The van der Waals surface area contributed by atoms with E-state index in [1.165, 1.54) is 0 Å². The van der Waals surface area contributed by atoms with Crippen molar-refractivity contribution in [3.8, 4) is 0 Å². The Morgan fingerprint density at radius 1 is 1.22 bits per heavy atom. The summed E-state index contributed by atoms with van der Waals surface area (Å²) in [6, 6.07) is 9.75. The topological polar surface area (TPSA) is 56.2 Å². The highest BCUT2D eigenvalue weighted by Crippen LogP contribution is 2.27. The molecule has 90 valence electrons. The van der Waals surface area contributed by atoms with Gasteiger partial charge in [0.1, 0.15) is 0 Å². The van der Waals surface area contributed by atoms with Gasteiger partial charge in [-0.3, -0.25) is 4.40 Å². The Hall–Kier alpha value is -2.01. The zero-order valence-electron chi connectivity index (χ0n) is 9.65. The van der Waals surface area contributed by atoms with Crippen LogP contribution in [0.25, 0.3) is 5.78 Å². The zero-order valence-corrected chi connectivity index (χ0v) is 10.5. The molecule has 0 saturated heterocycles. The van der Waals surface area contributed by atoms with Crippen LogP contribution in [0.5, 0.6) is 0 Å². The normalized spacial score (nSPS) is 10.9. The van der Waals surface area contributed by atoms with Gasteiger partial charge in [0.05, 0.1) is 5.69 Å². The van der Waals surface area contributed by atoms with Gasteiger partial charge in [-0.2, -0.15) is 0 Å². The maximum Gasteiger partial charge on any atom is 0.233 e. The summed E-state index contributed by atoms with van der Waals surface area (Å²) in [5.74, 6) is 1.52. The van der Waals surface area contributed by atoms with Gasteiger partial charge in [-0.05, 0) is 18.2 Å². The molecule has 0 aliphatic rings. The summed E-state index contributed by atoms with van der Waals surface area (Å²) in [7, 11) is 0. The van der Waals surface area contributed by atoms with E-state index < -0.39 is 0 Å². The maximum atomic E-state index is 5.90. The molecule has 0 amide bonds. The van der Waals surface area contributed by atoms with Crippen molar-refractivity contribution in [1.82, 2.24) is 14.4 Å². The van der Waals surface area contributed by atoms with Gasteiger partial charge in [0.2, 0.25) is 5.78 Å². The molecule has 2 heterocycles. The summed E-state index contributed by atoms with van der Waals surface area (Å²) in [4.78, 5) is 9.73. The van der Waals surface area contributed by atoms with Crippen LogP contribution in [-0.4, -0.2) is 14.4 Å². The summed E-state index contributed by atoms with van der Waals surface area (Å²) in [5.41, 5.74) is 7.71. The fourth-order valence-corrected chi connectivity index (χ4v) is 2.56. The number of imidazole rings is 1. The molecule has 0 unspecified atom stereocenters. The smallest absolute Gasteiger partial charge is 0.233 e. The molecule has 0 aliphatic heterocycles. The van der Waals surface area contributed by atoms with Crippen LogP contribution in [0.1, 0.15) is 5.69 Å². The summed E-state index contributed by atoms with van der Waals surface area (Å²) in [6.45, 7) is 0. The molecule has 5 heteroatoms. The lowest BCUT2D eigenvalue weighted by molar-refractivity contribution is 1.11. The van der Waals surface area contributed by atoms with Crippen molar-refractivity contribution < 1.29 is 0 Å². The van der Waals surface area contributed by atoms with Crippen molar-refractivity contribution in [2.45, 2.75) is 10.6 Å². The minimum atomic E-state index is 0.731. The van der Waals surface area contributed by atoms with E-state index >= 15 is 0 Å². The van der Waals surface area contributed by atoms with Gasteiger partial charge in [-0.15, -0.1) is 11.8 Å². The minimum absolute atomic E-state index is 0.731. The van der Waals surface area contributed by atoms with Crippen LogP contribution < -0.4 is 5.73 Å². The Bertz CT molecular complexity index is 644. The van der Waals surface area contributed by atoms with Crippen LogP contribution in [0.4, 0.5) is 5.69 Å². The summed E-state index contributed by atoms with van der Waals surface area (Å²) >= 11 is 1.69. The van der Waals surface area contributed by atoms with E-state index in [0.717, 1.165) is 27.8 Å². The second-order valence-electron chi connectivity index (χ2n) is 3.89. The minimum Gasteiger partial charge on any atom is -0.398 e. The van der Waals surface area contributed by atoms with Gasteiger partial charge in [0.15, 0.2) is 0 Å². The first-order valence-electron chi connectivity index (χ1n) is 5.59. The summed E-state index contributed by atoms with van der Waals surface area (Å²) in [5, 5.41) is 0. The average molecular weight is 256 g/mol. The molecule has 0 radical (unpaired) electrons. The van der Waals surface area contributed by atoms with Crippen molar-refractivity contribution >= 4 is 23.2 Å². The zero-order chi connectivity index (χ0) is 12.4. The molecule has 0 fully saturated rings. The molecule has 2 N–H and O–H groups in total. The number of anilines is 1. The second-order valence-corrected chi connectivity index (χ2v) is 4.90. The van der Waals surface area contributed by atoms with E-state index in [9.17, 15) is 0 Å². The molecule has 3 rings (SSSR count). The van der Waals surface area contributed by atoms with Crippen LogP contribution in [0.3, 0.4) is 0 Å². The van der Waals surface area contributed by atoms with Gasteiger partial charge in [-0.1, -0.05) is 12.1 Å². The molecule has 3 aromatic rings. The molecule has 0 saturated carbocycles. The van der Waals surface area contributed by atoms with E-state index in [0.29, 0.717) is 0 Å². The molecule has 0 bridgehead atoms. The molecule has 4 nitrogen and oxygen atoms in total. The molecule has 2 aromatic heterocycles. The number of nitrogen functional groups attached to an aromatic ring is 1. The van der Waals surface area contributed by atoms with Gasteiger partial charge in [0.25, 0.3) is 0 Å². The van der Waals surface area contributed by atoms with Crippen LogP contribution in [-0.2, 0) is 5.75 Å². The van der Waals surface area contributed by atoms with E-state index in [1.807, 2.05) is 47.1 Å². The maximum absolute atomic E-state index is 5.90. The first-order valence-corrected chi connectivity index (χ1v) is 6.57. The number of hydrogen-bond donors (Lipinski definition) is 1. The quantitative estimate of drug-likeness (QED) is 0.578.